The van der Waals surface area contributed by atoms with Crippen LogP contribution in [-0.2, 0) is 11.0 Å². The Hall–Kier alpha value is -1.72. The summed E-state index contributed by atoms with van der Waals surface area (Å²) in [5, 5.41) is 2.58. The van der Waals surface area contributed by atoms with Gasteiger partial charge in [0.2, 0.25) is 5.91 Å². The molecule has 1 saturated carbocycles. The first-order valence-electron chi connectivity index (χ1n) is 5.89. The van der Waals surface area contributed by atoms with Crippen LogP contribution in [0, 0.1) is 11.3 Å². The first-order chi connectivity index (χ1) is 8.61. The van der Waals surface area contributed by atoms with Gasteiger partial charge in [-0.15, -0.1) is 0 Å². The quantitative estimate of drug-likeness (QED) is 0.812. The molecule has 3 N–H and O–H groups in total. The van der Waals surface area contributed by atoms with Crippen molar-refractivity contribution in [2.75, 3.05) is 11.1 Å². The molecule has 6 heteroatoms. The Labute approximate surface area is 109 Å². The largest absolute Gasteiger partial charge is 0.416 e. The third kappa shape index (κ3) is 2.83. The van der Waals surface area contributed by atoms with Crippen LogP contribution in [0.3, 0.4) is 0 Å². The Kier molecular flexibility index (Phi) is 2.99. The van der Waals surface area contributed by atoms with Crippen molar-refractivity contribution in [2.24, 2.45) is 11.3 Å². The number of rotatable bonds is 2. The number of benzene rings is 1. The molecule has 2 rings (SSSR count). The Balaban J connectivity index is 2.12. The highest BCUT2D eigenvalue weighted by atomic mass is 19.4. The number of hydrogen-bond acceptors (Lipinski definition) is 2. The monoisotopic (exact) mass is 272 g/mol. The van der Waals surface area contributed by atoms with Crippen molar-refractivity contribution in [1.29, 1.82) is 0 Å². The minimum Gasteiger partial charge on any atom is -0.397 e. The summed E-state index contributed by atoms with van der Waals surface area (Å²) in [6.07, 6.45) is -3.66. The Morgan fingerprint density at radius 1 is 1.42 bits per heavy atom. The maximum absolute atomic E-state index is 12.5. The van der Waals surface area contributed by atoms with E-state index in [4.69, 9.17) is 5.73 Å². The van der Waals surface area contributed by atoms with Gasteiger partial charge in [-0.2, -0.15) is 13.2 Å². The third-order valence-corrected chi connectivity index (χ3v) is 3.47. The van der Waals surface area contributed by atoms with Crippen molar-refractivity contribution in [2.45, 2.75) is 26.4 Å². The fourth-order valence-corrected chi connectivity index (χ4v) is 1.99. The summed E-state index contributed by atoms with van der Waals surface area (Å²) in [5.41, 5.74) is 4.82. The molecule has 1 aromatic carbocycles. The lowest BCUT2D eigenvalue weighted by Gasteiger charge is -2.12. The molecule has 1 aliphatic carbocycles. The van der Waals surface area contributed by atoms with Gasteiger partial charge < -0.3 is 11.1 Å². The predicted molar refractivity (Wildman–Crippen MR) is 66.4 cm³/mol. The number of halogens is 3. The van der Waals surface area contributed by atoms with Crippen molar-refractivity contribution in [1.82, 2.24) is 0 Å². The van der Waals surface area contributed by atoms with Gasteiger partial charge in [0.25, 0.3) is 0 Å². The van der Waals surface area contributed by atoms with Gasteiger partial charge in [0.1, 0.15) is 0 Å². The molecule has 1 unspecified atom stereocenters. The van der Waals surface area contributed by atoms with Crippen molar-refractivity contribution < 1.29 is 18.0 Å². The first-order valence-corrected chi connectivity index (χ1v) is 5.89. The summed E-state index contributed by atoms with van der Waals surface area (Å²) in [4.78, 5) is 11.8. The van der Waals surface area contributed by atoms with Gasteiger partial charge >= 0.3 is 6.18 Å². The molecule has 19 heavy (non-hydrogen) atoms. The van der Waals surface area contributed by atoms with Gasteiger partial charge in [-0.25, -0.2) is 0 Å². The molecular formula is C13H15F3N2O. The second kappa shape index (κ2) is 4.15. The van der Waals surface area contributed by atoms with E-state index in [0.29, 0.717) is 0 Å². The average Bonchev–Trinajstić information content (AvgIpc) is 2.89. The molecule has 104 valence electrons. The predicted octanol–water partition coefficient (Wildman–Crippen LogP) is 3.27. The molecule has 0 bridgehead atoms. The van der Waals surface area contributed by atoms with E-state index in [1.54, 1.807) is 0 Å². The van der Waals surface area contributed by atoms with E-state index in [9.17, 15) is 18.0 Å². The van der Waals surface area contributed by atoms with Gasteiger partial charge in [0, 0.05) is 5.92 Å². The van der Waals surface area contributed by atoms with E-state index in [0.717, 1.165) is 18.6 Å². The smallest absolute Gasteiger partial charge is 0.397 e. The topological polar surface area (TPSA) is 55.1 Å². The van der Waals surface area contributed by atoms with E-state index in [-0.39, 0.29) is 28.6 Å². The summed E-state index contributed by atoms with van der Waals surface area (Å²) in [7, 11) is 0. The molecule has 0 radical (unpaired) electrons. The molecule has 0 heterocycles. The van der Waals surface area contributed by atoms with Crippen LogP contribution in [-0.4, -0.2) is 5.91 Å². The number of nitrogen functional groups attached to an aromatic ring is 1. The van der Waals surface area contributed by atoms with Crippen LogP contribution in [0.1, 0.15) is 25.8 Å². The van der Waals surface area contributed by atoms with Crippen molar-refractivity contribution in [3.05, 3.63) is 23.8 Å². The van der Waals surface area contributed by atoms with Crippen LogP contribution in [0.4, 0.5) is 24.5 Å². The number of anilines is 2. The molecule has 0 aliphatic heterocycles. The van der Waals surface area contributed by atoms with Crippen LogP contribution in [0.15, 0.2) is 18.2 Å². The van der Waals surface area contributed by atoms with E-state index in [1.165, 1.54) is 6.07 Å². The van der Waals surface area contributed by atoms with Crippen molar-refractivity contribution in [3.8, 4) is 0 Å². The summed E-state index contributed by atoms with van der Waals surface area (Å²) in [6.45, 7) is 3.93. The number of nitrogens with one attached hydrogen (secondary N) is 1. The lowest BCUT2D eigenvalue weighted by Crippen LogP contribution is -2.18. The van der Waals surface area contributed by atoms with Crippen molar-refractivity contribution in [3.63, 3.8) is 0 Å². The van der Waals surface area contributed by atoms with Crippen LogP contribution < -0.4 is 11.1 Å². The van der Waals surface area contributed by atoms with Gasteiger partial charge in [-0.3, -0.25) is 4.79 Å². The van der Waals surface area contributed by atoms with Crippen LogP contribution in [0.25, 0.3) is 0 Å². The summed E-state index contributed by atoms with van der Waals surface area (Å²) in [5.74, 6) is -0.300. The molecule has 1 atom stereocenters. The van der Waals surface area contributed by atoms with Gasteiger partial charge in [0.05, 0.1) is 16.9 Å². The van der Waals surface area contributed by atoms with Crippen molar-refractivity contribution >= 4 is 17.3 Å². The summed E-state index contributed by atoms with van der Waals surface area (Å²) >= 11 is 0. The molecular weight excluding hydrogens is 257 g/mol. The fourth-order valence-electron chi connectivity index (χ4n) is 1.99. The highest BCUT2D eigenvalue weighted by Gasteiger charge is 2.50. The number of alkyl halides is 3. The number of hydrogen-bond donors (Lipinski definition) is 2. The average molecular weight is 272 g/mol. The molecule has 0 aromatic heterocycles. The lowest BCUT2D eigenvalue weighted by atomic mass is 10.1. The molecule has 1 amide bonds. The maximum atomic E-state index is 12.5. The highest BCUT2D eigenvalue weighted by molar-refractivity contribution is 5.97. The zero-order valence-corrected chi connectivity index (χ0v) is 10.6. The van der Waals surface area contributed by atoms with E-state index < -0.39 is 11.7 Å². The molecule has 0 saturated heterocycles. The number of carbonyl (C=O) groups is 1. The second-order valence-corrected chi connectivity index (χ2v) is 5.53. The molecule has 0 spiro atoms. The van der Waals surface area contributed by atoms with Gasteiger partial charge in [-0.1, -0.05) is 13.8 Å². The number of amides is 1. The van der Waals surface area contributed by atoms with E-state index in [2.05, 4.69) is 5.32 Å². The summed E-state index contributed by atoms with van der Waals surface area (Å²) < 4.78 is 37.4. The number of carbonyl (C=O) groups excluding carboxylic acids is 1. The zero-order valence-electron chi connectivity index (χ0n) is 10.6. The number of nitrogens with two attached hydrogens (primary N) is 1. The maximum Gasteiger partial charge on any atom is 0.416 e. The van der Waals surface area contributed by atoms with Gasteiger partial charge in [0.15, 0.2) is 0 Å². The van der Waals surface area contributed by atoms with E-state index in [1.807, 2.05) is 13.8 Å². The first kappa shape index (κ1) is 13.7. The Bertz CT molecular complexity index is 523. The Morgan fingerprint density at radius 3 is 2.42 bits per heavy atom. The Morgan fingerprint density at radius 2 is 2.00 bits per heavy atom. The van der Waals surface area contributed by atoms with E-state index >= 15 is 0 Å². The minimum absolute atomic E-state index is 0.0369. The molecule has 1 aromatic rings. The normalized spacial score (nSPS) is 21.0. The second-order valence-electron chi connectivity index (χ2n) is 5.53. The third-order valence-electron chi connectivity index (χ3n) is 3.47. The van der Waals surface area contributed by atoms with Crippen LogP contribution in [0.2, 0.25) is 0 Å². The standard InChI is InChI=1S/C13H15F3N2O/c1-12(2)6-8(12)11(19)18-10-4-3-7(5-9(10)17)13(14,15)16/h3-5,8H,6,17H2,1-2H3,(H,18,19). The fraction of sp³-hybridized carbons (Fsp3) is 0.462. The molecule has 1 fully saturated rings. The SMILES string of the molecule is CC1(C)CC1C(=O)Nc1ccc(C(F)(F)F)cc1N. The minimum atomic E-state index is -4.44. The van der Waals surface area contributed by atoms with Crippen LogP contribution in [0.5, 0.6) is 0 Å². The molecule has 3 nitrogen and oxygen atoms in total. The lowest BCUT2D eigenvalue weighted by molar-refractivity contribution is -0.137. The highest BCUT2D eigenvalue weighted by Crippen LogP contribution is 2.52. The van der Waals surface area contributed by atoms with Gasteiger partial charge in [-0.05, 0) is 30.0 Å². The summed E-state index contributed by atoms with van der Waals surface area (Å²) in [6, 6.07) is 2.92. The van der Waals surface area contributed by atoms with Crippen LogP contribution >= 0.6 is 0 Å². The molecule has 1 aliphatic rings. The zero-order chi connectivity index (χ0) is 14.4.